The van der Waals surface area contributed by atoms with Crippen molar-refractivity contribution in [2.24, 2.45) is 5.11 Å². The Labute approximate surface area is 133 Å². The smallest absolute Gasteiger partial charge is 0.0701 e. The quantitative estimate of drug-likeness (QED) is 0.128. The first-order valence-electron chi connectivity index (χ1n) is 6.87. The molecule has 124 valence electrons. The molecule has 0 aromatic heterocycles. The number of alkyl halides is 1. The van der Waals surface area contributed by atoms with Crippen LogP contribution in [0.3, 0.4) is 0 Å². The standard InChI is InChI=1S/C12H24BrN3O5/c13-1-3-17-5-7-19-9-11-21-12-10-20-8-6-18-4-2-15-16-14/h1-12H2. The third-order valence-corrected chi connectivity index (χ3v) is 2.43. The first-order chi connectivity index (χ1) is 10.4. The van der Waals surface area contributed by atoms with Gasteiger partial charge in [-0.05, 0) is 5.53 Å². The van der Waals surface area contributed by atoms with Gasteiger partial charge >= 0.3 is 0 Å². The van der Waals surface area contributed by atoms with Crippen LogP contribution >= 0.6 is 15.9 Å². The Morgan fingerprint density at radius 2 is 1.05 bits per heavy atom. The van der Waals surface area contributed by atoms with E-state index in [9.17, 15) is 0 Å². The molecule has 8 nitrogen and oxygen atoms in total. The van der Waals surface area contributed by atoms with Crippen molar-refractivity contribution in [3.63, 3.8) is 0 Å². The van der Waals surface area contributed by atoms with E-state index in [-0.39, 0.29) is 0 Å². The van der Waals surface area contributed by atoms with Crippen molar-refractivity contribution in [2.75, 3.05) is 77.9 Å². The van der Waals surface area contributed by atoms with Crippen LogP contribution in [0.25, 0.3) is 10.4 Å². The van der Waals surface area contributed by atoms with Gasteiger partial charge in [-0.25, -0.2) is 0 Å². The molecule has 0 spiro atoms. The highest BCUT2D eigenvalue weighted by molar-refractivity contribution is 9.09. The van der Waals surface area contributed by atoms with Gasteiger partial charge in [-0.2, -0.15) is 0 Å². The van der Waals surface area contributed by atoms with E-state index in [0.717, 1.165) is 5.33 Å². The van der Waals surface area contributed by atoms with Gasteiger partial charge in [0.15, 0.2) is 0 Å². The van der Waals surface area contributed by atoms with Gasteiger partial charge < -0.3 is 23.7 Å². The summed E-state index contributed by atoms with van der Waals surface area (Å²) in [5.41, 5.74) is 8.04. The molecule has 0 aromatic carbocycles. The van der Waals surface area contributed by atoms with Gasteiger partial charge in [0.25, 0.3) is 0 Å². The predicted octanol–water partition coefficient (Wildman–Crippen LogP) is 1.77. The largest absolute Gasteiger partial charge is 0.379 e. The Morgan fingerprint density at radius 1 is 0.667 bits per heavy atom. The Morgan fingerprint density at radius 3 is 1.43 bits per heavy atom. The minimum absolute atomic E-state index is 0.348. The normalized spacial score (nSPS) is 10.5. The van der Waals surface area contributed by atoms with Gasteiger partial charge in [0, 0.05) is 16.8 Å². The average Bonchev–Trinajstić information content (AvgIpc) is 2.50. The molecule has 21 heavy (non-hydrogen) atoms. The molecule has 0 aliphatic carbocycles. The van der Waals surface area contributed by atoms with E-state index in [1.807, 2.05) is 0 Å². The van der Waals surface area contributed by atoms with Crippen LogP contribution in [0, 0.1) is 0 Å². The Bertz CT molecular complexity index is 255. The molecule has 0 bridgehead atoms. The lowest BCUT2D eigenvalue weighted by Crippen LogP contribution is -2.13. The predicted molar refractivity (Wildman–Crippen MR) is 81.9 cm³/mol. The summed E-state index contributed by atoms with van der Waals surface area (Å²) in [6, 6.07) is 0. The zero-order valence-electron chi connectivity index (χ0n) is 12.2. The second-order valence-electron chi connectivity index (χ2n) is 3.71. The van der Waals surface area contributed by atoms with Crippen LogP contribution in [-0.4, -0.2) is 77.9 Å². The molecule has 0 fully saturated rings. The highest BCUT2D eigenvalue weighted by Gasteiger charge is 1.93. The molecule has 0 unspecified atom stereocenters. The van der Waals surface area contributed by atoms with Crippen LogP contribution in [0.5, 0.6) is 0 Å². The van der Waals surface area contributed by atoms with Gasteiger partial charge in [-0.1, -0.05) is 21.0 Å². The maximum atomic E-state index is 8.04. The summed E-state index contributed by atoms with van der Waals surface area (Å²) in [4.78, 5) is 2.62. The molecule has 0 amide bonds. The number of nitrogens with zero attached hydrogens (tertiary/aromatic N) is 3. The van der Waals surface area contributed by atoms with Crippen molar-refractivity contribution < 1.29 is 23.7 Å². The molecule has 0 rings (SSSR count). The lowest BCUT2D eigenvalue weighted by atomic mass is 10.7. The van der Waals surface area contributed by atoms with Crippen molar-refractivity contribution in [2.45, 2.75) is 0 Å². The molecule has 0 saturated carbocycles. The topological polar surface area (TPSA) is 94.9 Å². The van der Waals surface area contributed by atoms with Crippen molar-refractivity contribution in [1.82, 2.24) is 0 Å². The summed E-state index contributed by atoms with van der Waals surface area (Å²) in [6.07, 6.45) is 0. The van der Waals surface area contributed by atoms with E-state index >= 15 is 0 Å². The van der Waals surface area contributed by atoms with Crippen molar-refractivity contribution >= 4 is 15.9 Å². The fourth-order valence-electron chi connectivity index (χ4n) is 1.19. The minimum atomic E-state index is 0.348. The summed E-state index contributed by atoms with van der Waals surface area (Å²) >= 11 is 3.27. The SMILES string of the molecule is [N-]=[N+]=NCCOCCOCCOCCOCCOCCBr. The summed E-state index contributed by atoms with van der Waals surface area (Å²) < 4.78 is 26.3. The Kier molecular flexibility index (Phi) is 19.2. The number of ether oxygens (including phenoxy) is 5. The van der Waals surface area contributed by atoms with E-state index in [1.54, 1.807) is 0 Å². The zero-order chi connectivity index (χ0) is 15.4. The first-order valence-corrected chi connectivity index (χ1v) is 7.99. The van der Waals surface area contributed by atoms with Crippen molar-refractivity contribution in [3.8, 4) is 0 Å². The molecular weight excluding hydrogens is 346 g/mol. The lowest BCUT2D eigenvalue weighted by Gasteiger charge is -2.07. The number of hydrogen-bond acceptors (Lipinski definition) is 6. The third kappa shape index (κ3) is 19.6. The fourth-order valence-corrected chi connectivity index (χ4v) is 1.42. The molecule has 0 aliphatic rings. The van der Waals surface area contributed by atoms with E-state index in [4.69, 9.17) is 29.2 Å². The Hall–Kier alpha value is -0.410. The molecule has 0 heterocycles. The fraction of sp³-hybridized carbons (Fsp3) is 1.00. The summed E-state index contributed by atoms with van der Waals surface area (Å²) in [6.45, 7) is 5.79. The third-order valence-electron chi connectivity index (χ3n) is 2.11. The number of rotatable bonds is 17. The van der Waals surface area contributed by atoms with Crippen LogP contribution in [0.2, 0.25) is 0 Å². The number of azide groups is 1. The first kappa shape index (κ1) is 20.6. The molecule has 0 aromatic rings. The van der Waals surface area contributed by atoms with E-state index in [1.165, 1.54) is 0 Å². The molecule has 0 atom stereocenters. The lowest BCUT2D eigenvalue weighted by molar-refractivity contribution is -0.00947. The van der Waals surface area contributed by atoms with Gasteiger partial charge in [0.05, 0.1) is 66.1 Å². The molecule has 9 heteroatoms. The van der Waals surface area contributed by atoms with E-state index in [2.05, 4.69) is 26.0 Å². The second kappa shape index (κ2) is 19.6. The van der Waals surface area contributed by atoms with Crippen molar-refractivity contribution in [1.29, 1.82) is 0 Å². The molecular formula is C12H24BrN3O5. The summed E-state index contributed by atoms with van der Waals surface area (Å²) in [5.74, 6) is 0. The van der Waals surface area contributed by atoms with Crippen LogP contribution in [0.4, 0.5) is 0 Å². The summed E-state index contributed by atoms with van der Waals surface area (Å²) in [5, 5.41) is 4.19. The highest BCUT2D eigenvalue weighted by atomic mass is 79.9. The van der Waals surface area contributed by atoms with Gasteiger partial charge in [0.1, 0.15) is 0 Å². The monoisotopic (exact) mass is 369 g/mol. The zero-order valence-corrected chi connectivity index (χ0v) is 13.8. The van der Waals surface area contributed by atoms with E-state index in [0.29, 0.717) is 72.6 Å². The second-order valence-corrected chi connectivity index (χ2v) is 4.50. The van der Waals surface area contributed by atoms with Gasteiger partial charge in [0.2, 0.25) is 0 Å². The van der Waals surface area contributed by atoms with Gasteiger partial charge in [-0.3, -0.25) is 0 Å². The average molecular weight is 370 g/mol. The van der Waals surface area contributed by atoms with Crippen molar-refractivity contribution in [3.05, 3.63) is 10.4 Å². The number of hydrogen-bond donors (Lipinski definition) is 0. The molecule has 0 N–H and O–H groups in total. The molecule has 0 aliphatic heterocycles. The van der Waals surface area contributed by atoms with E-state index < -0.39 is 0 Å². The minimum Gasteiger partial charge on any atom is -0.379 e. The summed E-state index contributed by atoms with van der Waals surface area (Å²) in [7, 11) is 0. The van der Waals surface area contributed by atoms with Crippen LogP contribution in [-0.2, 0) is 23.7 Å². The molecule has 0 radical (unpaired) electrons. The maximum absolute atomic E-state index is 8.04. The maximum Gasteiger partial charge on any atom is 0.0701 e. The highest BCUT2D eigenvalue weighted by Crippen LogP contribution is 1.85. The Balaban J connectivity index is 2.94. The molecule has 0 saturated heterocycles. The van der Waals surface area contributed by atoms with Crippen LogP contribution in [0.15, 0.2) is 5.11 Å². The van der Waals surface area contributed by atoms with Gasteiger partial charge in [-0.15, -0.1) is 0 Å². The number of halogens is 1. The van der Waals surface area contributed by atoms with Crippen LogP contribution < -0.4 is 0 Å². The van der Waals surface area contributed by atoms with Crippen LogP contribution in [0.1, 0.15) is 0 Å².